The Kier molecular flexibility index (Phi) is 2.13. The summed E-state index contributed by atoms with van der Waals surface area (Å²) >= 11 is 0. The number of likely N-dealkylation sites (N-methyl/N-ethyl adjacent to an activating group) is 1. The van der Waals surface area contributed by atoms with Crippen molar-refractivity contribution in [3.8, 4) is 0 Å². The highest BCUT2D eigenvalue weighted by Crippen LogP contribution is 2.43. The Bertz CT molecular complexity index is 482. The predicted molar refractivity (Wildman–Crippen MR) is 68.7 cm³/mol. The van der Waals surface area contributed by atoms with E-state index in [1.807, 2.05) is 0 Å². The second-order valence-electron chi connectivity index (χ2n) is 4.69. The molecule has 82 valence electrons. The molecule has 0 radical (unpaired) electrons. The Balaban J connectivity index is 2.18. The summed E-state index contributed by atoms with van der Waals surface area (Å²) in [6, 6.07) is 8.75. The van der Waals surface area contributed by atoms with Gasteiger partial charge < -0.3 is 4.90 Å². The summed E-state index contributed by atoms with van der Waals surface area (Å²) in [5.74, 6) is 0.576. The van der Waals surface area contributed by atoms with E-state index in [-0.39, 0.29) is 0 Å². The van der Waals surface area contributed by atoms with Crippen molar-refractivity contribution in [1.82, 2.24) is 0 Å². The van der Waals surface area contributed by atoms with Crippen molar-refractivity contribution in [2.75, 3.05) is 11.9 Å². The number of anilines is 1. The first kappa shape index (κ1) is 9.71. The highest BCUT2D eigenvalue weighted by atomic mass is 15.1. The van der Waals surface area contributed by atoms with Crippen molar-refractivity contribution in [3.63, 3.8) is 0 Å². The molecule has 0 spiro atoms. The molecular formula is C15H17N. The zero-order valence-electron chi connectivity index (χ0n) is 9.90. The van der Waals surface area contributed by atoms with Crippen LogP contribution in [-0.4, -0.2) is 7.05 Å². The van der Waals surface area contributed by atoms with E-state index in [0.29, 0.717) is 5.92 Å². The molecule has 1 aliphatic heterocycles. The molecule has 2 aliphatic rings. The fourth-order valence-electron chi connectivity index (χ4n) is 2.91. The van der Waals surface area contributed by atoms with E-state index in [1.54, 1.807) is 5.57 Å². The third kappa shape index (κ3) is 1.24. The number of benzene rings is 1. The van der Waals surface area contributed by atoms with Gasteiger partial charge in [-0.3, -0.25) is 0 Å². The number of hydrogen-bond donors (Lipinski definition) is 0. The summed E-state index contributed by atoms with van der Waals surface area (Å²) in [5.41, 5.74) is 5.85. The van der Waals surface area contributed by atoms with E-state index in [1.165, 1.54) is 29.8 Å². The van der Waals surface area contributed by atoms with Gasteiger partial charge in [0.05, 0.1) is 0 Å². The van der Waals surface area contributed by atoms with Crippen LogP contribution in [0.25, 0.3) is 0 Å². The van der Waals surface area contributed by atoms with Gasteiger partial charge in [0.2, 0.25) is 0 Å². The molecule has 0 saturated heterocycles. The lowest BCUT2D eigenvalue weighted by molar-refractivity contribution is 0.752. The highest BCUT2D eigenvalue weighted by Gasteiger charge is 2.27. The molecule has 1 nitrogen and oxygen atoms in total. The normalized spacial score (nSPS) is 23.1. The fourth-order valence-corrected chi connectivity index (χ4v) is 2.91. The first-order valence-corrected chi connectivity index (χ1v) is 6.01. The Labute approximate surface area is 97.1 Å². The van der Waals surface area contributed by atoms with E-state index in [2.05, 4.69) is 55.3 Å². The van der Waals surface area contributed by atoms with E-state index < -0.39 is 0 Å². The van der Waals surface area contributed by atoms with Crippen LogP contribution < -0.4 is 4.90 Å². The van der Waals surface area contributed by atoms with Gasteiger partial charge in [-0.25, -0.2) is 0 Å². The van der Waals surface area contributed by atoms with Crippen molar-refractivity contribution in [2.45, 2.75) is 25.7 Å². The highest BCUT2D eigenvalue weighted by molar-refractivity contribution is 5.66. The number of fused-ring (bicyclic) bond motifs is 1. The Hall–Kier alpha value is -1.50. The van der Waals surface area contributed by atoms with Crippen LogP contribution in [-0.2, 0) is 0 Å². The first-order valence-electron chi connectivity index (χ1n) is 6.01. The number of rotatable bonds is 0. The van der Waals surface area contributed by atoms with Crippen LogP contribution in [0.5, 0.6) is 0 Å². The van der Waals surface area contributed by atoms with Gasteiger partial charge in [0, 0.05) is 24.4 Å². The number of para-hydroxylation sites is 1. The molecule has 0 N–H and O–H groups in total. The minimum absolute atomic E-state index is 0.576. The van der Waals surface area contributed by atoms with Gasteiger partial charge in [0.25, 0.3) is 0 Å². The average molecular weight is 211 g/mol. The summed E-state index contributed by atoms with van der Waals surface area (Å²) in [4.78, 5) is 2.33. The van der Waals surface area contributed by atoms with Crippen LogP contribution in [0.1, 0.15) is 31.2 Å². The molecule has 1 atom stereocenters. The molecule has 1 unspecified atom stereocenters. The van der Waals surface area contributed by atoms with Crippen LogP contribution in [0.15, 0.2) is 47.7 Å². The molecule has 0 aromatic heterocycles. The predicted octanol–water partition coefficient (Wildman–Crippen LogP) is 3.84. The van der Waals surface area contributed by atoms with Crippen molar-refractivity contribution >= 4 is 5.69 Å². The second-order valence-corrected chi connectivity index (χ2v) is 4.69. The molecular weight excluding hydrogens is 194 g/mol. The van der Waals surface area contributed by atoms with E-state index >= 15 is 0 Å². The summed E-state index contributed by atoms with van der Waals surface area (Å²) < 4.78 is 0. The molecule has 0 bridgehead atoms. The second kappa shape index (κ2) is 3.51. The number of allylic oxidation sites excluding steroid dienone is 3. The van der Waals surface area contributed by atoms with E-state index in [0.717, 1.165) is 0 Å². The molecule has 16 heavy (non-hydrogen) atoms. The van der Waals surface area contributed by atoms with Gasteiger partial charge in [-0.2, -0.15) is 0 Å². The first-order chi connectivity index (χ1) is 7.79. The van der Waals surface area contributed by atoms with Gasteiger partial charge in [-0.05, 0) is 36.1 Å². The maximum Gasteiger partial charge on any atom is 0.0446 e. The third-order valence-corrected chi connectivity index (χ3v) is 3.83. The van der Waals surface area contributed by atoms with Crippen LogP contribution in [0, 0.1) is 0 Å². The van der Waals surface area contributed by atoms with Crippen LogP contribution >= 0.6 is 0 Å². The molecule has 1 heterocycles. The van der Waals surface area contributed by atoms with E-state index in [9.17, 15) is 0 Å². The van der Waals surface area contributed by atoms with E-state index in [4.69, 9.17) is 0 Å². The zero-order valence-corrected chi connectivity index (χ0v) is 9.90. The average Bonchev–Trinajstić information content (AvgIpc) is 2.36. The Morgan fingerprint density at radius 2 is 2.06 bits per heavy atom. The summed E-state index contributed by atoms with van der Waals surface area (Å²) in [5, 5.41) is 0. The van der Waals surface area contributed by atoms with Gasteiger partial charge >= 0.3 is 0 Å². The standard InChI is InChI=1S/C15H17N/c1-11-12-7-3-5-9-14(12)16(2)15-10-6-4-8-13(11)15/h3,5-7,9-11H,4,8H2,1-2H3. The van der Waals surface area contributed by atoms with Gasteiger partial charge in [-0.15, -0.1) is 0 Å². The lowest BCUT2D eigenvalue weighted by Crippen LogP contribution is -2.26. The van der Waals surface area contributed by atoms with Crippen molar-refractivity contribution in [1.29, 1.82) is 0 Å². The molecule has 3 rings (SSSR count). The van der Waals surface area contributed by atoms with Crippen LogP contribution in [0.4, 0.5) is 5.69 Å². The maximum atomic E-state index is 2.33. The molecule has 1 heteroatoms. The molecule has 0 amide bonds. The summed E-state index contributed by atoms with van der Waals surface area (Å²) in [6.07, 6.45) is 6.98. The van der Waals surface area contributed by atoms with Crippen molar-refractivity contribution in [2.24, 2.45) is 0 Å². The molecule has 1 aliphatic carbocycles. The topological polar surface area (TPSA) is 3.24 Å². The quantitative estimate of drug-likeness (QED) is 0.630. The van der Waals surface area contributed by atoms with Crippen LogP contribution in [0.2, 0.25) is 0 Å². The SMILES string of the molecule is CC1C2=C(C=CCC2)N(C)c2ccccc21. The molecule has 0 saturated carbocycles. The lowest BCUT2D eigenvalue weighted by atomic mass is 9.82. The minimum Gasteiger partial charge on any atom is -0.344 e. The number of nitrogens with zero attached hydrogens (tertiary/aromatic N) is 1. The van der Waals surface area contributed by atoms with Gasteiger partial charge in [-0.1, -0.05) is 31.2 Å². The molecule has 1 aromatic rings. The zero-order chi connectivity index (χ0) is 11.1. The van der Waals surface area contributed by atoms with Gasteiger partial charge in [0.1, 0.15) is 0 Å². The molecule has 0 fully saturated rings. The van der Waals surface area contributed by atoms with Crippen molar-refractivity contribution in [3.05, 3.63) is 53.3 Å². The Morgan fingerprint density at radius 1 is 1.25 bits per heavy atom. The maximum absolute atomic E-state index is 2.33. The summed E-state index contributed by atoms with van der Waals surface area (Å²) in [7, 11) is 2.18. The van der Waals surface area contributed by atoms with Crippen molar-refractivity contribution < 1.29 is 0 Å². The minimum atomic E-state index is 0.576. The molecule has 1 aromatic carbocycles. The third-order valence-electron chi connectivity index (χ3n) is 3.83. The fraction of sp³-hybridized carbons (Fsp3) is 0.333. The monoisotopic (exact) mass is 211 g/mol. The Morgan fingerprint density at radius 3 is 2.94 bits per heavy atom. The number of hydrogen-bond acceptors (Lipinski definition) is 1. The van der Waals surface area contributed by atoms with Crippen LogP contribution in [0.3, 0.4) is 0 Å². The van der Waals surface area contributed by atoms with Gasteiger partial charge in [0.15, 0.2) is 0 Å². The smallest absolute Gasteiger partial charge is 0.0446 e. The summed E-state index contributed by atoms with van der Waals surface area (Å²) in [6.45, 7) is 2.33. The largest absolute Gasteiger partial charge is 0.344 e. The lowest BCUT2D eigenvalue weighted by Gasteiger charge is -2.36.